The van der Waals surface area contributed by atoms with E-state index < -0.39 is 0 Å². The van der Waals surface area contributed by atoms with Gasteiger partial charge in [-0.25, -0.2) is 0 Å². The lowest BCUT2D eigenvalue weighted by Gasteiger charge is -2.15. The predicted octanol–water partition coefficient (Wildman–Crippen LogP) is 2.25. The summed E-state index contributed by atoms with van der Waals surface area (Å²) in [7, 11) is 0. The van der Waals surface area contributed by atoms with E-state index in [1.54, 1.807) is 0 Å². The van der Waals surface area contributed by atoms with Gasteiger partial charge in [-0.15, -0.1) is 0 Å². The van der Waals surface area contributed by atoms with Crippen molar-refractivity contribution < 1.29 is 5.11 Å². The first-order chi connectivity index (χ1) is 8.35. The largest absolute Gasteiger partial charge is 0.396 e. The Kier molecular flexibility index (Phi) is 4.63. The molecule has 96 valence electrons. The zero-order valence-electron chi connectivity index (χ0n) is 10.8. The summed E-state index contributed by atoms with van der Waals surface area (Å²) in [6.07, 6.45) is 10.5. The maximum Gasteiger partial charge on any atom is 0.0448 e. The van der Waals surface area contributed by atoms with E-state index in [-0.39, 0.29) is 6.61 Å². The molecule has 17 heavy (non-hydrogen) atoms. The van der Waals surface area contributed by atoms with Crippen molar-refractivity contribution in [2.75, 3.05) is 13.2 Å². The highest BCUT2D eigenvalue weighted by Crippen LogP contribution is 2.29. The molecule has 1 aromatic rings. The Morgan fingerprint density at radius 2 is 2.29 bits per heavy atom. The predicted molar refractivity (Wildman–Crippen MR) is 70.1 cm³/mol. The summed E-state index contributed by atoms with van der Waals surface area (Å²) < 4.78 is 2.25. The molecule has 1 aliphatic carbocycles. The quantitative estimate of drug-likeness (QED) is 0.769. The molecule has 0 aliphatic heterocycles. The van der Waals surface area contributed by atoms with Gasteiger partial charge in [0.15, 0.2) is 0 Å². The summed E-state index contributed by atoms with van der Waals surface area (Å²) in [5, 5.41) is 12.5. The van der Waals surface area contributed by atoms with E-state index in [1.807, 2.05) is 0 Å². The first-order valence-electron chi connectivity index (χ1n) is 6.88. The summed E-state index contributed by atoms with van der Waals surface area (Å²) in [5.41, 5.74) is 2.99. The maximum atomic E-state index is 8.89. The Morgan fingerprint density at radius 3 is 3.06 bits per heavy atom. The SMILES string of the molecule is CCNC1CCCCc2cn(CCCO)cc21. The molecule has 1 aliphatic rings. The van der Waals surface area contributed by atoms with Crippen LogP contribution in [0.2, 0.25) is 0 Å². The number of hydrogen-bond donors (Lipinski definition) is 2. The monoisotopic (exact) mass is 236 g/mol. The third-order valence-electron chi connectivity index (χ3n) is 3.59. The van der Waals surface area contributed by atoms with E-state index in [0.29, 0.717) is 6.04 Å². The molecule has 0 bridgehead atoms. The molecule has 0 aromatic carbocycles. The van der Waals surface area contributed by atoms with Crippen LogP contribution in [0.3, 0.4) is 0 Å². The third kappa shape index (κ3) is 3.11. The normalized spacial score (nSPS) is 20.0. The van der Waals surface area contributed by atoms with Crippen molar-refractivity contribution >= 4 is 0 Å². The zero-order valence-corrected chi connectivity index (χ0v) is 10.8. The van der Waals surface area contributed by atoms with Crippen LogP contribution in [-0.2, 0) is 13.0 Å². The molecule has 0 saturated carbocycles. The molecule has 0 radical (unpaired) electrons. The van der Waals surface area contributed by atoms with Gasteiger partial charge in [-0.2, -0.15) is 0 Å². The van der Waals surface area contributed by atoms with E-state index in [4.69, 9.17) is 5.11 Å². The van der Waals surface area contributed by atoms with E-state index in [0.717, 1.165) is 19.5 Å². The van der Waals surface area contributed by atoms with Gasteiger partial charge in [-0.3, -0.25) is 0 Å². The topological polar surface area (TPSA) is 37.2 Å². The Hall–Kier alpha value is -0.800. The van der Waals surface area contributed by atoms with Crippen LogP contribution in [0.1, 0.15) is 49.8 Å². The van der Waals surface area contributed by atoms with Crippen molar-refractivity contribution in [1.82, 2.24) is 9.88 Å². The summed E-state index contributed by atoms with van der Waals surface area (Å²) in [6.45, 7) is 4.42. The minimum absolute atomic E-state index is 0.277. The smallest absolute Gasteiger partial charge is 0.0448 e. The first kappa shape index (κ1) is 12.7. The van der Waals surface area contributed by atoms with Crippen molar-refractivity contribution in [3.8, 4) is 0 Å². The fourth-order valence-corrected chi connectivity index (χ4v) is 2.76. The van der Waals surface area contributed by atoms with Gasteiger partial charge in [-0.1, -0.05) is 13.3 Å². The van der Waals surface area contributed by atoms with Crippen LogP contribution in [0.4, 0.5) is 0 Å². The van der Waals surface area contributed by atoms with Crippen LogP contribution >= 0.6 is 0 Å². The van der Waals surface area contributed by atoms with E-state index in [1.165, 1.54) is 36.8 Å². The van der Waals surface area contributed by atoms with Crippen molar-refractivity contribution in [3.05, 3.63) is 23.5 Å². The van der Waals surface area contributed by atoms with Crippen LogP contribution in [0.25, 0.3) is 0 Å². The summed E-state index contributed by atoms with van der Waals surface area (Å²) in [4.78, 5) is 0. The number of fused-ring (bicyclic) bond motifs is 1. The van der Waals surface area contributed by atoms with E-state index >= 15 is 0 Å². The highest BCUT2D eigenvalue weighted by molar-refractivity contribution is 5.29. The summed E-state index contributed by atoms with van der Waals surface area (Å²) in [6, 6.07) is 0.535. The number of nitrogens with one attached hydrogen (secondary N) is 1. The van der Waals surface area contributed by atoms with Crippen molar-refractivity contribution in [2.45, 2.75) is 51.6 Å². The molecule has 1 heterocycles. The molecule has 0 spiro atoms. The Morgan fingerprint density at radius 1 is 1.41 bits per heavy atom. The average molecular weight is 236 g/mol. The first-order valence-corrected chi connectivity index (χ1v) is 6.88. The van der Waals surface area contributed by atoms with Gasteiger partial charge in [0.1, 0.15) is 0 Å². The third-order valence-corrected chi connectivity index (χ3v) is 3.59. The molecular weight excluding hydrogens is 212 g/mol. The van der Waals surface area contributed by atoms with Crippen LogP contribution < -0.4 is 5.32 Å². The van der Waals surface area contributed by atoms with Crippen LogP contribution in [-0.4, -0.2) is 22.8 Å². The van der Waals surface area contributed by atoms with Crippen molar-refractivity contribution in [2.24, 2.45) is 0 Å². The number of aliphatic hydroxyl groups is 1. The number of aliphatic hydroxyl groups excluding tert-OH is 1. The van der Waals surface area contributed by atoms with Gasteiger partial charge >= 0.3 is 0 Å². The fraction of sp³-hybridized carbons (Fsp3) is 0.714. The standard InChI is InChI=1S/C14H24N2O/c1-2-15-14-7-4-3-6-12-10-16(8-5-9-17)11-13(12)14/h10-11,14-15,17H,2-9H2,1H3. The van der Waals surface area contributed by atoms with Gasteiger partial charge in [0.2, 0.25) is 0 Å². The Balaban J connectivity index is 2.14. The lowest BCUT2D eigenvalue weighted by molar-refractivity contribution is 0.280. The van der Waals surface area contributed by atoms with E-state index in [2.05, 4.69) is 29.2 Å². The molecule has 1 unspecified atom stereocenters. The molecule has 1 aromatic heterocycles. The Bertz CT molecular complexity index is 346. The number of rotatable bonds is 5. The highest BCUT2D eigenvalue weighted by atomic mass is 16.3. The second kappa shape index (κ2) is 6.22. The maximum absolute atomic E-state index is 8.89. The zero-order chi connectivity index (χ0) is 12.1. The molecule has 2 rings (SSSR count). The highest BCUT2D eigenvalue weighted by Gasteiger charge is 2.19. The number of aryl methyl sites for hydroxylation is 2. The molecule has 0 fully saturated rings. The van der Waals surface area contributed by atoms with E-state index in [9.17, 15) is 0 Å². The van der Waals surface area contributed by atoms with Crippen LogP contribution in [0.15, 0.2) is 12.4 Å². The summed E-state index contributed by atoms with van der Waals surface area (Å²) >= 11 is 0. The number of hydrogen-bond acceptors (Lipinski definition) is 2. The molecular formula is C14H24N2O. The minimum Gasteiger partial charge on any atom is -0.396 e. The minimum atomic E-state index is 0.277. The average Bonchev–Trinajstić information content (AvgIpc) is 2.65. The van der Waals surface area contributed by atoms with Crippen LogP contribution in [0, 0.1) is 0 Å². The lowest BCUT2D eigenvalue weighted by atomic mass is 10.0. The van der Waals surface area contributed by atoms with Gasteiger partial charge in [0, 0.05) is 31.6 Å². The molecule has 1 atom stereocenters. The lowest BCUT2D eigenvalue weighted by Crippen LogP contribution is -2.20. The van der Waals surface area contributed by atoms with Gasteiger partial charge in [0.05, 0.1) is 0 Å². The Labute approximate surface area is 104 Å². The number of aromatic nitrogens is 1. The van der Waals surface area contributed by atoms with Crippen molar-refractivity contribution in [3.63, 3.8) is 0 Å². The molecule has 0 amide bonds. The van der Waals surface area contributed by atoms with Gasteiger partial charge < -0.3 is 15.0 Å². The molecule has 2 N–H and O–H groups in total. The molecule has 3 heteroatoms. The van der Waals surface area contributed by atoms with Crippen LogP contribution in [0.5, 0.6) is 0 Å². The number of nitrogens with zero attached hydrogens (tertiary/aromatic N) is 1. The second-order valence-corrected chi connectivity index (χ2v) is 4.91. The second-order valence-electron chi connectivity index (χ2n) is 4.91. The van der Waals surface area contributed by atoms with Gasteiger partial charge in [0.25, 0.3) is 0 Å². The van der Waals surface area contributed by atoms with Crippen molar-refractivity contribution in [1.29, 1.82) is 0 Å². The van der Waals surface area contributed by atoms with Gasteiger partial charge in [-0.05, 0) is 43.4 Å². The summed E-state index contributed by atoms with van der Waals surface area (Å²) in [5.74, 6) is 0. The fourth-order valence-electron chi connectivity index (χ4n) is 2.76. The molecule has 3 nitrogen and oxygen atoms in total. The molecule has 0 saturated heterocycles.